The number of carbonyl (C=O) groups excluding carboxylic acids is 1. The average Bonchev–Trinajstić information content (AvgIpc) is 3.26. The van der Waals surface area contributed by atoms with Crippen LogP contribution >= 0.6 is 0 Å². The zero-order chi connectivity index (χ0) is 20.5. The number of amides is 1. The number of nitrogens with zero attached hydrogens (tertiary/aromatic N) is 1. The summed E-state index contributed by atoms with van der Waals surface area (Å²) in [7, 11) is 1.65. The van der Waals surface area contributed by atoms with E-state index in [0.29, 0.717) is 31.2 Å². The van der Waals surface area contributed by atoms with Gasteiger partial charge in [-0.25, -0.2) is 4.99 Å². The van der Waals surface area contributed by atoms with Crippen LogP contribution in [0.3, 0.4) is 0 Å². The average molecular weight is 396 g/mol. The Bertz CT molecular complexity index is 847. The fourth-order valence-corrected chi connectivity index (χ4v) is 3.20. The van der Waals surface area contributed by atoms with Crippen LogP contribution in [0.25, 0.3) is 0 Å². The van der Waals surface area contributed by atoms with Gasteiger partial charge in [-0.3, -0.25) is 4.79 Å². The number of hydrogen-bond acceptors (Lipinski definition) is 4. The van der Waals surface area contributed by atoms with Gasteiger partial charge >= 0.3 is 0 Å². The number of anilines is 1. The highest BCUT2D eigenvalue weighted by atomic mass is 16.5. The fourth-order valence-electron chi connectivity index (χ4n) is 3.20. The molecule has 7 nitrogen and oxygen atoms in total. The number of rotatable bonds is 8. The Kier molecular flexibility index (Phi) is 7.61. The summed E-state index contributed by atoms with van der Waals surface area (Å²) >= 11 is 0. The van der Waals surface area contributed by atoms with E-state index in [9.17, 15) is 4.79 Å². The molecule has 7 heteroatoms. The molecule has 29 heavy (non-hydrogen) atoms. The lowest BCUT2D eigenvalue weighted by Crippen LogP contribution is -2.31. The number of methoxy groups -OCH3 is 1. The smallest absolute Gasteiger partial charge is 0.251 e. The molecule has 1 fully saturated rings. The molecule has 3 rings (SSSR count). The standard InChI is InChI=1S/C22H28N4O3/c1-28-15-18-7-2-3-10-20(18)26-22(23)25-13-16-6-4-8-17(12-16)21(27)24-14-19-9-5-11-29-19/h2-4,6-8,10,12,19H,5,9,11,13-15H2,1H3,(H,24,27)(H3,23,25,26). The molecule has 1 heterocycles. The second-order valence-electron chi connectivity index (χ2n) is 6.96. The summed E-state index contributed by atoms with van der Waals surface area (Å²) in [4.78, 5) is 16.8. The molecule has 1 amide bonds. The lowest BCUT2D eigenvalue weighted by Gasteiger charge is -2.12. The normalized spacial score (nSPS) is 16.6. The van der Waals surface area contributed by atoms with Crippen LogP contribution in [-0.4, -0.2) is 38.2 Å². The third-order valence-electron chi connectivity index (χ3n) is 4.72. The van der Waals surface area contributed by atoms with E-state index in [4.69, 9.17) is 15.2 Å². The van der Waals surface area contributed by atoms with Crippen molar-refractivity contribution in [3.8, 4) is 0 Å². The molecule has 4 N–H and O–H groups in total. The zero-order valence-corrected chi connectivity index (χ0v) is 16.7. The molecule has 0 bridgehead atoms. The molecule has 1 unspecified atom stereocenters. The van der Waals surface area contributed by atoms with Crippen LogP contribution in [0, 0.1) is 0 Å². The van der Waals surface area contributed by atoms with Crippen molar-refractivity contribution < 1.29 is 14.3 Å². The molecular formula is C22H28N4O3. The summed E-state index contributed by atoms with van der Waals surface area (Å²) in [5.41, 5.74) is 9.41. The Balaban J connectivity index is 1.57. The number of carbonyl (C=O) groups is 1. The Morgan fingerprint density at radius 2 is 2.14 bits per heavy atom. The molecule has 1 aliphatic rings. The van der Waals surface area contributed by atoms with Crippen LogP contribution < -0.4 is 16.4 Å². The van der Waals surface area contributed by atoms with Gasteiger partial charge in [0.05, 0.1) is 19.3 Å². The minimum absolute atomic E-state index is 0.106. The first-order valence-corrected chi connectivity index (χ1v) is 9.78. The molecule has 1 atom stereocenters. The van der Waals surface area contributed by atoms with Crippen LogP contribution in [0.2, 0.25) is 0 Å². The van der Waals surface area contributed by atoms with Crippen LogP contribution in [-0.2, 0) is 22.6 Å². The van der Waals surface area contributed by atoms with Gasteiger partial charge < -0.3 is 25.8 Å². The second-order valence-corrected chi connectivity index (χ2v) is 6.96. The molecule has 0 radical (unpaired) electrons. The topological polar surface area (TPSA) is 98.0 Å². The summed E-state index contributed by atoms with van der Waals surface area (Å²) in [6.45, 7) is 2.18. The third-order valence-corrected chi connectivity index (χ3v) is 4.72. The molecule has 154 valence electrons. The Morgan fingerprint density at radius 3 is 2.93 bits per heavy atom. The van der Waals surface area contributed by atoms with Crippen molar-refractivity contribution in [1.82, 2.24) is 5.32 Å². The van der Waals surface area contributed by atoms with E-state index >= 15 is 0 Å². The predicted octanol–water partition coefficient (Wildman–Crippen LogP) is 2.67. The summed E-state index contributed by atoms with van der Waals surface area (Å²) in [6.07, 6.45) is 2.17. The van der Waals surface area contributed by atoms with E-state index in [1.165, 1.54) is 0 Å². The van der Waals surface area contributed by atoms with E-state index in [1.807, 2.05) is 42.5 Å². The van der Waals surface area contributed by atoms with Crippen LogP contribution in [0.4, 0.5) is 5.69 Å². The van der Waals surface area contributed by atoms with Crippen LogP contribution in [0.1, 0.15) is 34.3 Å². The number of nitrogens with two attached hydrogens (primary N) is 1. The highest BCUT2D eigenvalue weighted by Crippen LogP contribution is 2.16. The monoisotopic (exact) mass is 396 g/mol. The third kappa shape index (κ3) is 6.30. The SMILES string of the molecule is COCc1ccccc1NC(N)=NCc1cccc(C(=O)NCC2CCCO2)c1. The Labute approximate surface area is 171 Å². The largest absolute Gasteiger partial charge is 0.380 e. The van der Waals surface area contributed by atoms with Gasteiger partial charge in [0.15, 0.2) is 5.96 Å². The summed E-state index contributed by atoms with van der Waals surface area (Å²) in [5.74, 6) is 0.202. The number of guanidine groups is 1. The van der Waals surface area contributed by atoms with Gasteiger partial charge in [0.25, 0.3) is 5.91 Å². The lowest BCUT2D eigenvalue weighted by atomic mass is 10.1. The van der Waals surface area contributed by atoms with Crippen molar-refractivity contribution in [2.45, 2.75) is 32.1 Å². The van der Waals surface area contributed by atoms with Crippen molar-refractivity contribution >= 4 is 17.6 Å². The van der Waals surface area contributed by atoms with Gasteiger partial charge in [0, 0.05) is 37.1 Å². The first-order chi connectivity index (χ1) is 14.2. The van der Waals surface area contributed by atoms with Crippen molar-refractivity contribution in [3.63, 3.8) is 0 Å². The number of hydrogen-bond donors (Lipinski definition) is 3. The van der Waals surface area contributed by atoms with E-state index in [2.05, 4.69) is 15.6 Å². The zero-order valence-electron chi connectivity index (χ0n) is 16.7. The highest BCUT2D eigenvalue weighted by Gasteiger charge is 2.16. The minimum atomic E-state index is -0.106. The molecule has 2 aromatic rings. The second kappa shape index (κ2) is 10.6. The van der Waals surface area contributed by atoms with Crippen molar-refractivity contribution in [1.29, 1.82) is 0 Å². The van der Waals surface area contributed by atoms with Gasteiger partial charge in [-0.15, -0.1) is 0 Å². The number of nitrogens with one attached hydrogen (secondary N) is 2. The van der Waals surface area contributed by atoms with Gasteiger partial charge in [0.2, 0.25) is 0 Å². The van der Waals surface area contributed by atoms with E-state index in [1.54, 1.807) is 13.2 Å². The maximum atomic E-state index is 12.4. The first kappa shape index (κ1) is 20.8. The molecule has 1 aliphatic heterocycles. The Morgan fingerprint density at radius 1 is 1.28 bits per heavy atom. The number of aliphatic imine (C=N–C) groups is 1. The lowest BCUT2D eigenvalue weighted by molar-refractivity contribution is 0.0857. The van der Waals surface area contributed by atoms with E-state index < -0.39 is 0 Å². The Hall–Kier alpha value is -2.90. The van der Waals surface area contributed by atoms with Gasteiger partial charge in [-0.1, -0.05) is 30.3 Å². The van der Waals surface area contributed by atoms with Crippen molar-refractivity contribution in [2.75, 3.05) is 25.6 Å². The van der Waals surface area contributed by atoms with Crippen molar-refractivity contribution in [2.24, 2.45) is 10.7 Å². The molecule has 2 aromatic carbocycles. The number of ether oxygens (including phenoxy) is 2. The van der Waals surface area contributed by atoms with Crippen LogP contribution in [0.15, 0.2) is 53.5 Å². The van der Waals surface area contributed by atoms with E-state index in [-0.39, 0.29) is 12.0 Å². The predicted molar refractivity (Wildman–Crippen MR) is 114 cm³/mol. The number of para-hydroxylation sites is 1. The summed E-state index contributed by atoms with van der Waals surface area (Å²) in [6, 6.07) is 15.2. The van der Waals surface area contributed by atoms with Gasteiger partial charge in [-0.2, -0.15) is 0 Å². The minimum Gasteiger partial charge on any atom is -0.380 e. The quantitative estimate of drug-likeness (QED) is 0.471. The maximum Gasteiger partial charge on any atom is 0.251 e. The van der Waals surface area contributed by atoms with Gasteiger partial charge in [0.1, 0.15) is 0 Å². The molecule has 0 aliphatic carbocycles. The molecular weight excluding hydrogens is 368 g/mol. The molecule has 1 saturated heterocycles. The molecule has 0 spiro atoms. The van der Waals surface area contributed by atoms with Crippen molar-refractivity contribution in [3.05, 3.63) is 65.2 Å². The summed E-state index contributed by atoms with van der Waals surface area (Å²) in [5, 5.41) is 6.04. The first-order valence-electron chi connectivity index (χ1n) is 9.78. The van der Waals surface area contributed by atoms with Gasteiger partial charge in [-0.05, 0) is 36.6 Å². The maximum absolute atomic E-state index is 12.4. The van der Waals surface area contributed by atoms with Crippen LogP contribution in [0.5, 0.6) is 0 Å². The fraction of sp³-hybridized carbons (Fsp3) is 0.364. The molecule has 0 aromatic heterocycles. The summed E-state index contributed by atoms with van der Waals surface area (Å²) < 4.78 is 10.7. The number of benzene rings is 2. The highest BCUT2D eigenvalue weighted by molar-refractivity contribution is 5.94. The van der Waals surface area contributed by atoms with E-state index in [0.717, 1.165) is 36.3 Å². The molecule has 0 saturated carbocycles.